The summed E-state index contributed by atoms with van der Waals surface area (Å²) in [5.41, 5.74) is 0. The third-order valence-corrected chi connectivity index (χ3v) is 4.58. The number of aliphatic hydroxyl groups is 1. The molecule has 120 valence electrons. The first kappa shape index (κ1) is 16.5. The van der Waals surface area contributed by atoms with Crippen LogP contribution in [0.2, 0.25) is 0 Å². The van der Waals surface area contributed by atoms with E-state index in [1.165, 1.54) is 0 Å². The number of amides is 1. The minimum atomic E-state index is -0.381. The number of ether oxygens (including phenoxy) is 1. The Bertz CT molecular complexity index is 353. The predicted molar refractivity (Wildman–Crippen MR) is 82.0 cm³/mol. The van der Waals surface area contributed by atoms with Crippen molar-refractivity contribution in [3.05, 3.63) is 12.7 Å². The zero-order chi connectivity index (χ0) is 15.2. The molecule has 21 heavy (non-hydrogen) atoms. The molecule has 1 saturated heterocycles. The van der Waals surface area contributed by atoms with Crippen LogP contribution in [0.5, 0.6) is 0 Å². The highest BCUT2D eigenvalue weighted by Crippen LogP contribution is 2.25. The molecule has 1 aliphatic carbocycles. The predicted octanol–water partition coefficient (Wildman–Crippen LogP) is 1.03. The normalized spacial score (nSPS) is 28.6. The van der Waals surface area contributed by atoms with Crippen molar-refractivity contribution in [2.24, 2.45) is 0 Å². The molecular weight excluding hydrogens is 268 g/mol. The van der Waals surface area contributed by atoms with Crippen LogP contribution in [0.4, 0.5) is 0 Å². The zero-order valence-corrected chi connectivity index (χ0v) is 13.0. The van der Waals surface area contributed by atoms with E-state index < -0.39 is 0 Å². The Morgan fingerprint density at radius 2 is 2.10 bits per heavy atom. The van der Waals surface area contributed by atoms with Crippen molar-refractivity contribution in [1.82, 2.24) is 9.80 Å². The highest BCUT2D eigenvalue weighted by atomic mass is 16.5. The van der Waals surface area contributed by atoms with E-state index in [1.54, 1.807) is 6.08 Å². The minimum Gasteiger partial charge on any atom is -0.391 e. The second kappa shape index (κ2) is 7.92. The molecule has 2 aliphatic rings. The lowest BCUT2D eigenvalue weighted by Crippen LogP contribution is -2.55. The summed E-state index contributed by atoms with van der Waals surface area (Å²) in [6.07, 6.45) is 5.10. The number of carbonyl (C=O) groups is 1. The van der Waals surface area contributed by atoms with Crippen molar-refractivity contribution in [2.45, 2.75) is 50.9 Å². The molecule has 3 atom stereocenters. The van der Waals surface area contributed by atoms with Gasteiger partial charge in [-0.2, -0.15) is 0 Å². The quantitative estimate of drug-likeness (QED) is 0.587. The van der Waals surface area contributed by atoms with Crippen LogP contribution in [-0.2, 0) is 9.53 Å². The van der Waals surface area contributed by atoms with Crippen LogP contribution < -0.4 is 0 Å². The summed E-state index contributed by atoms with van der Waals surface area (Å²) in [6.45, 7) is 9.18. The molecule has 5 heteroatoms. The maximum atomic E-state index is 12.3. The maximum absolute atomic E-state index is 12.3. The van der Waals surface area contributed by atoms with Crippen LogP contribution in [0, 0.1) is 0 Å². The average Bonchev–Trinajstić information content (AvgIpc) is 2.93. The molecule has 1 N–H and O–H groups in total. The van der Waals surface area contributed by atoms with Crippen molar-refractivity contribution < 1.29 is 14.6 Å². The van der Waals surface area contributed by atoms with Gasteiger partial charge >= 0.3 is 0 Å². The Hall–Kier alpha value is -0.910. The summed E-state index contributed by atoms with van der Waals surface area (Å²) >= 11 is 0. The van der Waals surface area contributed by atoms with E-state index in [-0.39, 0.29) is 18.1 Å². The van der Waals surface area contributed by atoms with Crippen LogP contribution in [0.15, 0.2) is 12.7 Å². The summed E-state index contributed by atoms with van der Waals surface area (Å²) in [5, 5.41) is 9.97. The lowest BCUT2D eigenvalue weighted by Gasteiger charge is -2.39. The number of rotatable bonds is 6. The fourth-order valence-electron chi connectivity index (χ4n) is 3.28. The van der Waals surface area contributed by atoms with Crippen LogP contribution in [0.25, 0.3) is 0 Å². The van der Waals surface area contributed by atoms with E-state index in [9.17, 15) is 9.90 Å². The molecule has 0 radical (unpaired) electrons. The molecule has 1 saturated carbocycles. The molecule has 1 amide bonds. The monoisotopic (exact) mass is 296 g/mol. The highest BCUT2D eigenvalue weighted by molar-refractivity contribution is 5.80. The van der Waals surface area contributed by atoms with Gasteiger partial charge in [0.25, 0.3) is 5.91 Å². The van der Waals surface area contributed by atoms with Crippen LogP contribution in [0.1, 0.15) is 32.6 Å². The van der Waals surface area contributed by atoms with Gasteiger partial charge in [0.15, 0.2) is 0 Å². The fraction of sp³-hybridized carbons (Fsp3) is 0.812. The van der Waals surface area contributed by atoms with E-state index in [0.717, 1.165) is 51.9 Å². The van der Waals surface area contributed by atoms with Crippen molar-refractivity contribution >= 4 is 5.91 Å². The maximum Gasteiger partial charge on any atom is 0.251 e. The second-order valence-electron chi connectivity index (χ2n) is 6.02. The number of hydrogen-bond acceptors (Lipinski definition) is 4. The highest BCUT2D eigenvalue weighted by Gasteiger charge is 2.34. The molecule has 0 aromatic rings. The van der Waals surface area contributed by atoms with Gasteiger partial charge in [0, 0.05) is 32.2 Å². The molecule has 0 aromatic heterocycles. The lowest BCUT2D eigenvalue weighted by atomic mass is 10.1. The van der Waals surface area contributed by atoms with Gasteiger partial charge in [-0.25, -0.2) is 0 Å². The number of hydrogen-bond donors (Lipinski definition) is 1. The molecule has 2 fully saturated rings. The van der Waals surface area contributed by atoms with E-state index in [2.05, 4.69) is 11.5 Å². The molecular formula is C16H28N2O3. The van der Waals surface area contributed by atoms with Gasteiger partial charge in [-0.05, 0) is 32.6 Å². The fourth-order valence-corrected chi connectivity index (χ4v) is 3.28. The smallest absolute Gasteiger partial charge is 0.251 e. The number of aliphatic hydroxyl groups excluding tert-OH is 1. The van der Waals surface area contributed by atoms with Crippen LogP contribution in [0.3, 0.4) is 0 Å². The number of piperazine rings is 1. The Balaban J connectivity index is 1.75. The van der Waals surface area contributed by atoms with Crippen molar-refractivity contribution in [3.8, 4) is 0 Å². The summed E-state index contributed by atoms with van der Waals surface area (Å²) in [7, 11) is 0. The molecule has 2 rings (SSSR count). The third kappa shape index (κ3) is 4.28. The largest absolute Gasteiger partial charge is 0.391 e. The number of nitrogens with zero attached hydrogens (tertiary/aromatic N) is 2. The topological polar surface area (TPSA) is 53.0 Å². The van der Waals surface area contributed by atoms with Gasteiger partial charge in [0.2, 0.25) is 0 Å². The van der Waals surface area contributed by atoms with E-state index >= 15 is 0 Å². The SMILES string of the molecule is C=CCCO[C@H](C)C(=O)N1CCN([C@H]2CCC[C@H]2O)CC1. The van der Waals surface area contributed by atoms with Gasteiger partial charge in [-0.1, -0.05) is 6.08 Å². The molecule has 5 nitrogen and oxygen atoms in total. The van der Waals surface area contributed by atoms with Gasteiger partial charge in [0.1, 0.15) is 6.10 Å². The molecule has 1 heterocycles. The first-order valence-electron chi connectivity index (χ1n) is 8.07. The summed E-state index contributed by atoms with van der Waals surface area (Å²) < 4.78 is 5.53. The van der Waals surface area contributed by atoms with Gasteiger partial charge in [-0.15, -0.1) is 6.58 Å². The second-order valence-corrected chi connectivity index (χ2v) is 6.02. The lowest BCUT2D eigenvalue weighted by molar-refractivity contribution is -0.144. The van der Waals surface area contributed by atoms with Crippen molar-refractivity contribution in [1.29, 1.82) is 0 Å². The van der Waals surface area contributed by atoms with Crippen LogP contribution in [-0.4, -0.2) is 71.8 Å². The third-order valence-electron chi connectivity index (χ3n) is 4.58. The molecule has 0 bridgehead atoms. The van der Waals surface area contributed by atoms with Crippen molar-refractivity contribution in [3.63, 3.8) is 0 Å². The Labute approximate surface area is 127 Å². The standard InChI is InChI=1S/C16H28N2O3/c1-3-4-12-21-13(2)16(20)18-10-8-17(9-11-18)14-6-5-7-15(14)19/h3,13-15,19H,1,4-12H2,2H3/t13-,14+,15-/m1/s1. The van der Waals surface area contributed by atoms with E-state index in [4.69, 9.17) is 4.74 Å². The molecule has 1 aliphatic heterocycles. The molecule has 0 spiro atoms. The zero-order valence-electron chi connectivity index (χ0n) is 13.0. The minimum absolute atomic E-state index is 0.0747. The first-order valence-corrected chi connectivity index (χ1v) is 8.07. The Kier molecular flexibility index (Phi) is 6.21. The summed E-state index contributed by atoms with van der Waals surface area (Å²) in [5.74, 6) is 0.0747. The molecule has 0 aromatic carbocycles. The van der Waals surface area contributed by atoms with Crippen molar-refractivity contribution in [2.75, 3.05) is 32.8 Å². The molecule has 0 unspecified atom stereocenters. The van der Waals surface area contributed by atoms with E-state index in [1.807, 2.05) is 11.8 Å². The van der Waals surface area contributed by atoms with E-state index in [0.29, 0.717) is 12.6 Å². The number of carbonyl (C=O) groups excluding carboxylic acids is 1. The average molecular weight is 296 g/mol. The van der Waals surface area contributed by atoms with Gasteiger partial charge in [-0.3, -0.25) is 9.69 Å². The Morgan fingerprint density at radius 3 is 2.67 bits per heavy atom. The van der Waals surface area contributed by atoms with Gasteiger partial charge in [0.05, 0.1) is 12.7 Å². The summed E-state index contributed by atoms with van der Waals surface area (Å²) in [4.78, 5) is 16.5. The van der Waals surface area contributed by atoms with Crippen LogP contribution >= 0.6 is 0 Å². The summed E-state index contributed by atoms with van der Waals surface area (Å²) in [6, 6.07) is 0.295. The first-order chi connectivity index (χ1) is 10.1. The van der Waals surface area contributed by atoms with Gasteiger partial charge < -0.3 is 14.7 Å². The Morgan fingerprint density at radius 1 is 1.38 bits per heavy atom.